The van der Waals surface area contributed by atoms with E-state index in [0.29, 0.717) is 17.9 Å². The molecule has 0 aromatic carbocycles. The lowest BCUT2D eigenvalue weighted by Crippen LogP contribution is -2.24. The number of aliphatic hydroxyl groups is 2. The van der Waals surface area contributed by atoms with Crippen molar-refractivity contribution in [3.8, 4) is 0 Å². The standard InChI is InChI=1S/C25H36O5/c1-17(2)25(13-6-8-19(25)4)14-12-18(3)7-5-9-20(16-26)10-11-22(27)21-15-23(28)30-24(21)29/h7,10,15-16,19,22,24,27,29H,1,5-6,8-9,11-14H2,2-4H3/b18-7+,20-10-/t19-,22-,24+,25-/m0/s1. The summed E-state index contributed by atoms with van der Waals surface area (Å²) in [5.41, 5.74) is 3.63. The van der Waals surface area contributed by atoms with Crippen LogP contribution in [-0.4, -0.2) is 34.9 Å². The molecule has 1 heterocycles. The number of cyclic esters (lactones) is 1. The van der Waals surface area contributed by atoms with Crippen LogP contribution in [0.2, 0.25) is 0 Å². The van der Waals surface area contributed by atoms with Gasteiger partial charge >= 0.3 is 5.97 Å². The van der Waals surface area contributed by atoms with Gasteiger partial charge < -0.3 is 14.9 Å². The minimum atomic E-state index is -1.41. The number of hydrogen-bond acceptors (Lipinski definition) is 5. The maximum Gasteiger partial charge on any atom is 0.333 e. The lowest BCUT2D eigenvalue weighted by Gasteiger charge is -2.35. The molecule has 30 heavy (non-hydrogen) atoms. The number of carbonyl (C=O) groups excluding carboxylic acids is 2. The summed E-state index contributed by atoms with van der Waals surface area (Å²) in [6, 6.07) is 0. The maximum absolute atomic E-state index is 11.4. The lowest BCUT2D eigenvalue weighted by molar-refractivity contribution is -0.151. The van der Waals surface area contributed by atoms with Crippen LogP contribution >= 0.6 is 0 Å². The van der Waals surface area contributed by atoms with Gasteiger partial charge in [0.05, 0.1) is 6.10 Å². The number of aldehydes is 1. The largest absolute Gasteiger partial charge is 0.429 e. The van der Waals surface area contributed by atoms with Gasteiger partial charge in [0.15, 0.2) is 0 Å². The van der Waals surface area contributed by atoms with Crippen molar-refractivity contribution >= 4 is 12.3 Å². The zero-order valence-corrected chi connectivity index (χ0v) is 18.5. The number of allylic oxidation sites excluding steroid dienone is 4. The fraction of sp³-hybridized carbons (Fsp3) is 0.600. The van der Waals surface area contributed by atoms with E-state index in [1.54, 1.807) is 6.08 Å². The van der Waals surface area contributed by atoms with Crippen molar-refractivity contribution in [3.05, 3.63) is 47.1 Å². The van der Waals surface area contributed by atoms with Gasteiger partial charge in [-0.05, 0) is 75.7 Å². The molecule has 0 spiro atoms. The van der Waals surface area contributed by atoms with Crippen LogP contribution < -0.4 is 0 Å². The van der Waals surface area contributed by atoms with Gasteiger partial charge in [-0.25, -0.2) is 4.79 Å². The Morgan fingerprint density at radius 3 is 2.63 bits per heavy atom. The molecular weight excluding hydrogens is 380 g/mol. The minimum Gasteiger partial charge on any atom is -0.429 e. The fourth-order valence-electron chi connectivity index (χ4n) is 4.76. The van der Waals surface area contributed by atoms with Crippen molar-refractivity contribution in [2.45, 2.75) is 84.5 Å². The van der Waals surface area contributed by atoms with E-state index in [0.717, 1.165) is 31.6 Å². The molecule has 1 aliphatic heterocycles. The van der Waals surface area contributed by atoms with Gasteiger partial charge in [0.2, 0.25) is 6.29 Å². The van der Waals surface area contributed by atoms with Gasteiger partial charge in [0.1, 0.15) is 6.29 Å². The van der Waals surface area contributed by atoms with Crippen LogP contribution in [0.5, 0.6) is 0 Å². The summed E-state index contributed by atoms with van der Waals surface area (Å²) in [4.78, 5) is 22.5. The van der Waals surface area contributed by atoms with Gasteiger partial charge in [-0.3, -0.25) is 4.79 Å². The van der Waals surface area contributed by atoms with E-state index in [1.165, 1.54) is 30.4 Å². The molecule has 2 aliphatic rings. The number of ether oxygens (including phenoxy) is 1. The quantitative estimate of drug-likeness (QED) is 0.223. The SMILES string of the molecule is C=C(C)[C@@]1(CC/C(C)=C/CC/C(C=O)=C/C[C@H](O)C2=CC(=O)O[C@H]2O)CCC[C@@H]1C. The predicted octanol–water partition coefficient (Wildman–Crippen LogP) is 4.55. The van der Waals surface area contributed by atoms with Crippen molar-refractivity contribution in [1.29, 1.82) is 0 Å². The van der Waals surface area contributed by atoms with Crippen LogP contribution in [0.4, 0.5) is 0 Å². The molecule has 4 atom stereocenters. The van der Waals surface area contributed by atoms with Crippen molar-refractivity contribution in [2.75, 3.05) is 0 Å². The molecule has 2 N–H and O–H groups in total. The maximum atomic E-state index is 11.4. The van der Waals surface area contributed by atoms with E-state index in [1.807, 2.05) is 0 Å². The van der Waals surface area contributed by atoms with Gasteiger partial charge in [0, 0.05) is 11.6 Å². The summed E-state index contributed by atoms with van der Waals surface area (Å²) in [7, 11) is 0. The third-order valence-electron chi connectivity index (χ3n) is 6.88. The van der Waals surface area contributed by atoms with Crippen molar-refractivity contribution in [3.63, 3.8) is 0 Å². The number of aliphatic hydroxyl groups excluding tert-OH is 2. The van der Waals surface area contributed by atoms with Gasteiger partial charge in [-0.1, -0.05) is 43.2 Å². The topological polar surface area (TPSA) is 83.8 Å². The van der Waals surface area contributed by atoms with Gasteiger partial charge in [0.25, 0.3) is 0 Å². The highest BCUT2D eigenvalue weighted by atomic mass is 16.6. The molecule has 0 unspecified atom stereocenters. The molecule has 0 amide bonds. The summed E-state index contributed by atoms with van der Waals surface area (Å²) >= 11 is 0. The lowest BCUT2D eigenvalue weighted by atomic mass is 9.70. The van der Waals surface area contributed by atoms with E-state index in [-0.39, 0.29) is 17.4 Å². The second-order valence-corrected chi connectivity index (χ2v) is 8.90. The summed E-state index contributed by atoms with van der Waals surface area (Å²) < 4.78 is 4.57. The molecule has 0 aromatic heterocycles. The molecule has 0 radical (unpaired) electrons. The first-order chi connectivity index (χ1) is 14.2. The summed E-state index contributed by atoms with van der Waals surface area (Å²) in [5.74, 6) is 0.0187. The predicted molar refractivity (Wildman–Crippen MR) is 117 cm³/mol. The molecule has 5 heteroatoms. The van der Waals surface area contributed by atoms with E-state index < -0.39 is 18.4 Å². The third-order valence-corrected chi connectivity index (χ3v) is 6.88. The number of rotatable bonds is 11. The zero-order valence-electron chi connectivity index (χ0n) is 18.5. The summed E-state index contributed by atoms with van der Waals surface area (Å²) in [5, 5.41) is 19.7. The molecule has 166 valence electrons. The van der Waals surface area contributed by atoms with E-state index >= 15 is 0 Å². The monoisotopic (exact) mass is 416 g/mol. The average molecular weight is 417 g/mol. The van der Waals surface area contributed by atoms with E-state index in [4.69, 9.17) is 0 Å². The number of hydrogen-bond donors (Lipinski definition) is 2. The van der Waals surface area contributed by atoms with Crippen LogP contribution in [0.1, 0.15) is 72.1 Å². The molecule has 1 saturated carbocycles. The Morgan fingerprint density at radius 1 is 1.37 bits per heavy atom. The van der Waals surface area contributed by atoms with Crippen molar-refractivity contribution in [1.82, 2.24) is 0 Å². The molecule has 1 aliphatic carbocycles. The van der Waals surface area contributed by atoms with E-state index in [9.17, 15) is 19.8 Å². The second-order valence-electron chi connectivity index (χ2n) is 8.90. The number of esters is 1. The zero-order chi connectivity index (χ0) is 22.3. The number of carbonyl (C=O) groups is 2. The Morgan fingerprint density at radius 2 is 2.10 bits per heavy atom. The molecule has 0 saturated heterocycles. The van der Waals surface area contributed by atoms with Crippen LogP contribution in [0, 0.1) is 11.3 Å². The first kappa shape index (κ1) is 24.3. The summed E-state index contributed by atoms with van der Waals surface area (Å²) in [6.45, 7) is 10.9. The van der Waals surface area contributed by atoms with Crippen molar-refractivity contribution < 1.29 is 24.5 Å². The van der Waals surface area contributed by atoms with Crippen LogP contribution in [-0.2, 0) is 14.3 Å². The van der Waals surface area contributed by atoms with Crippen LogP contribution in [0.25, 0.3) is 0 Å². The van der Waals surface area contributed by atoms with Crippen LogP contribution in [0.3, 0.4) is 0 Å². The highest BCUT2D eigenvalue weighted by molar-refractivity contribution is 5.85. The van der Waals surface area contributed by atoms with Crippen molar-refractivity contribution in [2.24, 2.45) is 11.3 Å². The van der Waals surface area contributed by atoms with Crippen LogP contribution in [0.15, 0.2) is 47.1 Å². The summed E-state index contributed by atoms with van der Waals surface area (Å²) in [6.07, 6.45) is 10.8. The Kier molecular flexibility index (Phi) is 8.80. The van der Waals surface area contributed by atoms with Gasteiger partial charge in [-0.15, -0.1) is 0 Å². The smallest absolute Gasteiger partial charge is 0.333 e. The first-order valence-electron chi connectivity index (χ1n) is 10.9. The Balaban J connectivity index is 1.84. The minimum absolute atomic E-state index is 0.129. The van der Waals surface area contributed by atoms with E-state index in [2.05, 4.69) is 38.2 Å². The first-order valence-corrected chi connectivity index (χ1v) is 10.9. The normalized spacial score (nSPS) is 28.3. The molecular formula is C25H36O5. The highest BCUT2D eigenvalue weighted by Crippen LogP contribution is 2.51. The second kappa shape index (κ2) is 10.9. The Hall–Kier alpha value is -1.98. The molecule has 0 bridgehead atoms. The third kappa shape index (κ3) is 6.02. The Bertz CT molecular complexity index is 745. The Labute approximate surface area is 180 Å². The molecule has 1 fully saturated rings. The highest BCUT2D eigenvalue weighted by Gasteiger charge is 2.40. The van der Waals surface area contributed by atoms with Gasteiger partial charge in [-0.2, -0.15) is 0 Å². The fourth-order valence-corrected chi connectivity index (χ4v) is 4.76. The molecule has 5 nitrogen and oxygen atoms in total. The molecule has 0 aromatic rings. The average Bonchev–Trinajstić information content (AvgIpc) is 3.24. The molecule has 2 rings (SSSR count).